The number of thiazole rings is 1. The molecule has 1 spiro atoms. The number of benzene rings is 1. The monoisotopic (exact) mass is 1090 g/mol. The predicted octanol–water partition coefficient (Wildman–Crippen LogP) is 6.77. The smallest absolute Gasteiger partial charge is 0.324 e. The number of cyclic esters (lactones) is 1. The van der Waals surface area contributed by atoms with Crippen LogP contribution in [0.3, 0.4) is 0 Å². The molecule has 4 amide bonds. The summed E-state index contributed by atoms with van der Waals surface area (Å²) >= 11 is 1.43. The Morgan fingerprint density at radius 1 is 1.06 bits per heavy atom. The molecule has 400 valence electrons. The van der Waals surface area contributed by atoms with Crippen molar-refractivity contribution in [3.8, 4) is 22.5 Å². The predicted molar refractivity (Wildman–Crippen MR) is 304 cm³/mol. The van der Waals surface area contributed by atoms with E-state index in [2.05, 4.69) is 72.3 Å². The molecule has 1 aromatic carbocycles. The highest BCUT2D eigenvalue weighted by Gasteiger charge is 2.55. The lowest BCUT2D eigenvalue weighted by molar-refractivity contribution is -0.155. The molecule has 4 aromatic rings. The van der Waals surface area contributed by atoms with Crippen LogP contribution in [0.4, 0.5) is 4.79 Å². The summed E-state index contributed by atoms with van der Waals surface area (Å²) in [6.07, 6.45) is 5.36. The van der Waals surface area contributed by atoms with Crippen LogP contribution in [0.1, 0.15) is 89.6 Å². The van der Waals surface area contributed by atoms with Crippen LogP contribution in [0, 0.1) is 16.7 Å². The molecule has 2 N–H and O–H groups in total. The number of rotatable bonds is 12. The van der Waals surface area contributed by atoms with Crippen molar-refractivity contribution in [1.29, 1.82) is 0 Å². The number of nitrogens with zero attached hydrogens (tertiary/aromatic N) is 7. The second-order valence-electron chi connectivity index (χ2n) is 20.7. The Morgan fingerprint density at radius 3 is 2.44 bits per heavy atom. The van der Waals surface area contributed by atoms with Gasteiger partial charge >= 0.3 is 12.0 Å². The number of ether oxygens (including phenoxy) is 3. The Kier molecular flexibility index (Phi) is 21.5. The third kappa shape index (κ3) is 12.6. The average molecular weight is 1090 g/mol. The number of pyridine rings is 1. The number of aromatic nitrogens is 3. The lowest BCUT2D eigenvalue weighted by Crippen LogP contribution is -2.69. The minimum absolute atomic E-state index is 0. The van der Waals surface area contributed by atoms with Crippen LogP contribution in [-0.2, 0) is 48.0 Å². The third-order valence-corrected chi connectivity index (χ3v) is 15.6. The molecule has 3 aliphatic heterocycles. The van der Waals surface area contributed by atoms with Gasteiger partial charge in [0.2, 0.25) is 5.91 Å². The van der Waals surface area contributed by atoms with E-state index in [1.54, 1.807) is 27.5 Å². The van der Waals surface area contributed by atoms with Gasteiger partial charge in [-0.15, -0.1) is 11.3 Å². The maximum Gasteiger partial charge on any atom is 0.324 e. The molecule has 8 rings (SSSR count). The highest BCUT2D eigenvalue weighted by molar-refractivity contribution is 7.59. The van der Waals surface area contributed by atoms with Crippen molar-refractivity contribution in [2.45, 2.75) is 117 Å². The number of aryl methyl sites for hydroxylation is 1. The number of methoxy groups -OCH3 is 2. The second kappa shape index (κ2) is 25.3. The Hall–Kier alpha value is -3.54. The number of carbonyl (C=O) groups is 4. The topological polar surface area (TPSA) is 164 Å². The number of hydrogen-bond acceptors (Lipinski definition) is 12. The minimum Gasteiger partial charge on any atom is -0.464 e. The number of likely N-dealkylation sites (tertiary alicyclic amines) is 1. The lowest BCUT2D eigenvalue weighted by Gasteiger charge is -2.61. The lowest BCUT2D eigenvalue weighted by atomic mass is 9.60. The fourth-order valence-electron chi connectivity index (χ4n) is 10.9. The number of fused-ring (bicyclic) bond motifs is 6. The van der Waals surface area contributed by atoms with Gasteiger partial charge in [0, 0.05) is 111 Å². The number of hydrazine groups is 1. The molecule has 21 heteroatoms. The van der Waals surface area contributed by atoms with E-state index < -0.39 is 35.4 Å². The van der Waals surface area contributed by atoms with Gasteiger partial charge in [-0.3, -0.25) is 24.4 Å². The number of esters is 1. The Morgan fingerprint density at radius 2 is 1.78 bits per heavy atom. The van der Waals surface area contributed by atoms with Gasteiger partial charge in [0.1, 0.15) is 18.1 Å². The molecule has 1 saturated carbocycles. The fourth-order valence-corrected chi connectivity index (χ4v) is 11.8. The summed E-state index contributed by atoms with van der Waals surface area (Å²) < 4.78 is 19.5. The average Bonchev–Trinajstić information content (AvgIpc) is 3.89. The van der Waals surface area contributed by atoms with E-state index in [4.69, 9.17) is 24.2 Å². The molecule has 3 aromatic heterocycles. The normalized spacial score (nSPS) is 20.4. The zero-order valence-electron chi connectivity index (χ0n) is 43.6. The van der Waals surface area contributed by atoms with Crippen LogP contribution in [0.2, 0.25) is 0 Å². The number of hydrogen-bond donors (Lipinski definition) is 2. The molecule has 6 bridgehead atoms. The second-order valence-corrected chi connectivity index (χ2v) is 21.7. The minimum atomic E-state index is -1.04. The van der Waals surface area contributed by atoms with Gasteiger partial charge in [0.15, 0.2) is 0 Å². The molecule has 6 heterocycles. The summed E-state index contributed by atoms with van der Waals surface area (Å²) in [7, 11) is 7.21. The molecule has 4 atom stereocenters. The Bertz CT molecular complexity index is 2510. The van der Waals surface area contributed by atoms with Crippen molar-refractivity contribution < 1.29 is 33.4 Å². The van der Waals surface area contributed by atoms with Crippen LogP contribution in [0.5, 0.6) is 0 Å². The van der Waals surface area contributed by atoms with Gasteiger partial charge in [-0.05, 0) is 88.7 Å². The van der Waals surface area contributed by atoms with E-state index in [9.17, 15) is 19.2 Å². The molecule has 0 radical (unpaired) electrons. The number of likely N-dealkylation sites (N-methyl/N-ethyl adjacent to an activating group) is 2. The highest BCUT2D eigenvalue weighted by atomic mass is 32.1. The molecule has 4 aliphatic rings. The number of carbonyl (C=O) groups excluding carboxylic acids is 4. The Labute approximate surface area is 457 Å². The van der Waals surface area contributed by atoms with E-state index in [0.29, 0.717) is 63.1 Å². The van der Waals surface area contributed by atoms with Crippen LogP contribution in [0.15, 0.2) is 41.9 Å². The summed E-state index contributed by atoms with van der Waals surface area (Å²) in [5, 5.41) is 8.26. The quantitative estimate of drug-likeness (QED) is 0.144. The van der Waals surface area contributed by atoms with Crippen LogP contribution in [0.25, 0.3) is 33.4 Å². The highest BCUT2D eigenvalue weighted by Crippen LogP contribution is 2.50. The van der Waals surface area contributed by atoms with E-state index in [1.165, 1.54) is 21.2 Å². The van der Waals surface area contributed by atoms with Crippen LogP contribution >= 0.6 is 65.3 Å². The first-order chi connectivity index (χ1) is 32.5. The van der Waals surface area contributed by atoms with E-state index in [1.807, 2.05) is 37.1 Å². The first-order valence-electron chi connectivity index (χ1n) is 24.3. The van der Waals surface area contributed by atoms with Crippen molar-refractivity contribution in [2.75, 3.05) is 67.7 Å². The summed E-state index contributed by atoms with van der Waals surface area (Å²) in [6.45, 7) is 16.3. The zero-order chi connectivity index (χ0) is 48.7. The maximum atomic E-state index is 14.7. The summed E-state index contributed by atoms with van der Waals surface area (Å²) in [5.74, 6) is -1.50. The van der Waals surface area contributed by atoms with Crippen molar-refractivity contribution in [3.05, 3.63) is 58.2 Å². The number of urea groups is 1. The van der Waals surface area contributed by atoms with E-state index in [0.717, 1.165) is 64.1 Å². The largest absolute Gasteiger partial charge is 0.464 e. The molecule has 2 saturated heterocycles. The molecule has 0 unspecified atom stereocenters. The van der Waals surface area contributed by atoms with E-state index in [-0.39, 0.29) is 96.4 Å². The van der Waals surface area contributed by atoms with Gasteiger partial charge < -0.3 is 38.8 Å². The van der Waals surface area contributed by atoms with Crippen molar-refractivity contribution in [2.24, 2.45) is 16.7 Å². The van der Waals surface area contributed by atoms with Gasteiger partial charge in [0.25, 0.3) is 5.91 Å². The van der Waals surface area contributed by atoms with Gasteiger partial charge in [-0.25, -0.2) is 15.2 Å². The van der Waals surface area contributed by atoms with Gasteiger partial charge in [0.05, 0.1) is 41.4 Å². The molecule has 3 fully saturated rings. The standard InChI is InChI=1S/C51H71N9O7S.4H2S/c1-11-59-41-17-16-33-22-36(41)37(45(59)35-14-12-18-52-43(35)32(4)66-10)26-50(5,6)30-67-48(63)38-15-13-19-60(55-38)47(62)39(23-42-53-40(33)27-68-42)54-46(61)44(31(2)3)57(8)49(64)58-28-51(29-58)24-34(25-51)56(7)20-21-65-9;;;;/h12,14,16-18,22,27,31-32,34,38-39,44,55H,11,13,15,19-21,23-26,28-30H2,1-10H3,(H,54,61);4*1H2/t32-,38-,39-,44-;;;;/m0..../s1. The van der Waals surface area contributed by atoms with E-state index >= 15 is 0 Å². The maximum absolute atomic E-state index is 14.7. The molecular weight excluding hydrogens is 1010 g/mol. The SMILES string of the molecule is CCn1c(-c2cccnc2[C@H](C)OC)c2c3cc(ccc31)-c1csc(n1)C[C@H](NC(=O)[C@H](C(C)C)N(C)C(=O)N1CC3(CC(N(C)CCOC)C3)C1)C(=O)N1CCC[C@H](N1)C(=O)OCC(C)(C)C2.S.S.S.S. The molecule has 16 nitrogen and oxygen atoms in total. The third-order valence-electron chi connectivity index (χ3n) is 14.7. The first-order valence-corrected chi connectivity index (χ1v) is 25.2. The van der Waals surface area contributed by atoms with Crippen molar-refractivity contribution in [1.82, 2.24) is 45.0 Å². The fraction of sp³-hybridized carbons (Fsp3) is 0.608. The summed E-state index contributed by atoms with van der Waals surface area (Å²) in [4.78, 5) is 72.8. The number of nitrogens with one attached hydrogen (secondary N) is 2. The van der Waals surface area contributed by atoms with Crippen LogP contribution < -0.4 is 10.7 Å². The van der Waals surface area contributed by atoms with Crippen molar-refractivity contribution >= 4 is 100 Å². The molecular formula is C51H79N9O7S5. The number of amides is 4. The van der Waals surface area contributed by atoms with Gasteiger partial charge in [-0.2, -0.15) is 54.0 Å². The Balaban J connectivity index is 0.00000281. The van der Waals surface area contributed by atoms with Crippen molar-refractivity contribution in [3.63, 3.8) is 0 Å². The zero-order valence-corrected chi connectivity index (χ0v) is 48.4. The summed E-state index contributed by atoms with van der Waals surface area (Å²) in [5.41, 5.74) is 9.53. The summed E-state index contributed by atoms with van der Waals surface area (Å²) in [6, 6.07) is 8.11. The van der Waals surface area contributed by atoms with Crippen LogP contribution in [-0.4, -0.2) is 150 Å². The molecule has 72 heavy (non-hydrogen) atoms. The molecule has 1 aliphatic carbocycles. The first kappa shape index (κ1) is 61.0. The van der Waals surface area contributed by atoms with Gasteiger partial charge in [-0.1, -0.05) is 33.8 Å².